The van der Waals surface area contributed by atoms with Gasteiger partial charge in [0.1, 0.15) is 0 Å². The Balaban J connectivity index is 1.85. The first-order chi connectivity index (χ1) is 9.36. The van der Waals surface area contributed by atoms with E-state index in [9.17, 15) is 18.0 Å². The molecule has 3 N–H and O–H groups in total. The standard InChI is InChI=1S/C14H23F3N2O/c15-14(16,17)10-4-2-6-12(8-10)19-11-5-1-3-9(7-11)13(18)20/h9-12,19H,1-8H2,(H2,18,20)/t9-,10-,11+,12-/m1/s1. The Labute approximate surface area is 117 Å². The van der Waals surface area contributed by atoms with Crippen molar-refractivity contribution in [3.05, 3.63) is 0 Å². The average Bonchev–Trinajstić information content (AvgIpc) is 2.38. The number of alkyl halides is 3. The van der Waals surface area contributed by atoms with Crippen LogP contribution in [0.25, 0.3) is 0 Å². The van der Waals surface area contributed by atoms with Crippen LogP contribution in [0.5, 0.6) is 0 Å². The smallest absolute Gasteiger partial charge is 0.369 e. The highest BCUT2D eigenvalue weighted by atomic mass is 19.4. The summed E-state index contributed by atoms with van der Waals surface area (Å²) in [5.41, 5.74) is 5.33. The van der Waals surface area contributed by atoms with Gasteiger partial charge >= 0.3 is 6.18 Å². The second-order valence-electron chi connectivity index (χ2n) is 6.23. The molecule has 116 valence electrons. The predicted molar refractivity (Wildman–Crippen MR) is 69.9 cm³/mol. The van der Waals surface area contributed by atoms with Crippen molar-refractivity contribution in [2.24, 2.45) is 17.6 Å². The summed E-state index contributed by atoms with van der Waals surface area (Å²) < 4.78 is 38.3. The van der Waals surface area contributed by atoms with Gasteiger partial charge in [0, 0.05) is 18.0 Å². The monoisotopic (exact) mass is 292 g/mol. The second-order valence-corrected chi connectivity index (χ2v) is 6.23. The maximum Gasteiger partial charge on any atom is 0.391 e. The Morgan fingerprint density at radius 2 is 1.60 bits per heavy atom. The first-order valence-electron chi connectivity index (χ1n) is 7.48. The highest BCUT2D eigenvalue weighted by molar-refractivity contribution is 5.76. The number of rotatable bonds is 3. The molecule has 2 rings (SSSR count). The molecule has 0 spiro atoms. The quantitative estimate of drug-likeness (QED) is 0.840. The Kier molecular flexibility index (Phi) is 4.94. The molecule has 0 aromatic carbocycles. The molecule has 0 saturated heterocycles. The summed E-state index contributed by atoms with van der Waals surface area (Å²) in [5, 5.41) is 3.34. The number of nitrogens with two attached hydrogens (primary N) is 1. The Morgan fingerprint density at radius 1 is 1.00 bits per heavy atom. The van der Waals surface area contributed by atoms with E-state index >= 15 is 0 Å². The molecule has 0 unspecified atom stereocenters. The van der Waals surface area contributed by atoms with Crippen molar-refractivity contribution < 1.29 is 18.0 Å². The second kappa shape index (κ2) is 6.33. The van der Waals surface area contributed by atoms with Gasteiger partial charge in [-0.3, -0.25) is 4.79 Å². The lowest BCUT2D eigenvalue weighted by Gasteiger charge is -2.36. The molecule has 0 radical (unpaired) electrons. The third-order valence-corrected chi connectivity index (χ3v) is 4.69. The predicted octanol–water partition coefficient (Wildman–Crippen LogP) is 2.74. The molecule has 2 aliphatic rings. The van der Waals surface area contributed by atoms with Crippen LogP contribution in [0.2, 0.25) is 0 Å². The minimum absolute atomic E-state index is 0.0769. The Morgan fingerprint density at radius 3 is 2.20 bits per heavy atom. The van der Waals surface area contributed by atoms with E-state index in [2.05, 4.69) is 5.32 Å². The van der Waals surface area contributed by atoms with Crippen LogP contribution in [-0.2, 0) is 4.79 Å². The van der Waals surface area contributed by atoms with Crippen molar-refractivity contribution in [2.75, 3.05) is 0 Å². The maximum atomic E-state index is 12.8. The van der Waals surface area contributed by atoms with Crippen LogP contribution in [0.3, 0.4) is 0 Å². The van der Waals surface area contributed by atoms with Crippen LogP contribution >= 0.6 is 0 Å². The number of hydrogen-bond donors (Lipinski definition) is 2. The van der Waals surface area contributed by atoms with E-state index in [1.807, 2.05) is 0 Å². The molecule has 6 heteroatoms. The van der Waals surface area contributed by atoms with Crippen LogP contribution < -0.4 is 11.1 Å². The van der Waals surface area contributed by atoms with Gasteiger partial charge in [-0.05, 0) is 38.5 Å². The molecule has 0 heterocycles. The van der Waals surface area contributed by atoms with Gasteiger partial charge in [0.2, 0.25) is 5.91 Å². The van der Waals surface area contributed by atoms with E-state index in [0.717, 1.165) is 25.7 Å². The number of carbonyl (C=O) groups is 1. The number of amides is 1. The summed E-state index contributed by atoms with van der Waals surface area (Å²) in [6.07, 6.45) is 1.07. The fourth-order valence-corrected chi connectivity index (χ4v) is 3.57. The number of halogens is 3. The molecule has 2 saturated carbocycles. The highest BCUT2D eigenvalue weighted by Gasteiger charge is 2.42. The van der Waals surface area contributed by atoms with Crippen LogP contribution in [0.1, 0.15) is 51.4 Å². The van der Waals surface area contributed by atoms with E-state index in [-0.39, 0.29) is 36.8 Å². The third-order valence-electron chi connectivity index (χ3n) is 4.69. The Hall–Kier alpha value is -0.780. The van der Waals surface area contributed by atoms with Crippen molar-refractivity contribution in [1.29, 1.82) is 0 Å². The van der Waals surface area contributed by atoms with E-state index in [1.165, 1.54) is 0 Å². The van der Waals surface area contributed by atoms with Gasteiger partial charge in [0.15, 0.2) is 0 Å². The van der Waals surface area contributed by atoms with Crippen LogP contribution in [0.15, 0.2) is 0 Å². The molecule has 0 aromatic rings. The lowest BCUT2D eigenvalue weighted by atomic mass is 9.82. The topological polar surface area (TPSA) is 55.1 Å². The molecule has 1 amide bonds. The molecule has 0 aromatic heterocycles. The van der Waals surface area contributed by atoms with Gasteiger partial charge in [-0.15, -0.1) is 0 Å². The van der Waals surface area contributed by atoms with Crippen molar-refractivity contribution >= 4 is 5.91 Å². The van der Waals surface area contributed by atoms with Crippen molar-refractivity contribution in [3.63, 3.8) is 0 Å². The maximum absolute atomic E-state index is 12.8. The van der Waals surface area contributed by atoms with E-state index in [4.69, 9.17) is 5.73 Å². The highest BCUT2D eigenvalue weighted by Crippen LogP contribution is 2.38. The van der Waals surface area contributed by atoms with Gasteiger partial charge in [-0.25, -0.2) is 0 Å². The molecule has 0 aliphatic heterocycles. The lowest BCUT2D eigenvalue weighted by molar-refractivity contribution is -0.184. The first-order valence-corrected chi connectivity index (χ1v) is 7.48. The fourth-order valence-electron chi connectivity index (χ4n) is 3.57. The first kappa shape index (κ1) is 15.6. The minimum atomic E-state index is -4.08. The normalized spacial score (nSPS) is 35.8. The van der Waals surface area contributed by atoms with E-state index in [1.54, 1.807) is 0 Å². The molecule has 0 bridgehead atoms. The zero-order valence-electron chi connectivity index (χ0n) is 11.6. The average molecular weight is 292 g/mol. The molecule has 20 heavy (non-hydrogen) atoms. The van der Waals surface area contributed by atoms with Gasteiger partial charge in [0.05, 0.1) is 5.92 Å². The van der Waals surface area contributed by atoms with E-state index in [0.29, 0.717) is 12.8 Å². The number of carbonyl (C=O) groups excluding carboxylic acids is 1. The summed E-state index contributed by atoms with van der Waals surface area (Å²) in [6.45, 7) is 0. The van der Waals surface area contributed by atoms with Crippen molar-refractivity contribution in [1.82, 2.24) is 5.32 Å². The third kappa shape index (κ3) is 4.11. The van der Waals surface area contributed by atoms with Crippen LogP contribution in [0, 0.1) is 11.8 Å². The molecule has 3 nitrogen and oxygen atoms in total. The molecule has 2 fully saturated rings. The van der Waals surface area contributed by atoms with Gasteiger partial charge < -0.3 is 11.1 Å². The summed E-state index contributed by atoms with van der Waals surface area (Å²) in [6, 6.07) is 0.0604. The summed E-state index contributed by atoms with van der Waals surface area (Å²) in [5.74, 6) is -1.58. The number of primary amides is 1. The number of nitrogens with one attached hydrogen (secondary N) is 1. The fraction of sp³-hybridized carbons (Fsp3) is 0.929. The molecular formula is C14H23F3N2O. The molecular weight excluding hydrogens is 269 g/mol. The van der Waals surface area contributed by atoms with Gasteiger partial charge in [-0.1, -0.05) is 12.8 Å². The van der Waals surface area contributed by atoms with E-state index < -0.39 is 12.1 Å². The SMILES string of the molecule is NC(=O)[C@@H]1CCC[C@H](N[C@@H]2CCC[C@@H](C(F)(F)F)C2)C1. The van der Waals surface area contributed by atoms with Gasteiger partial charge in [0.25, 0.3) is 0 Å². The number of hydrogen-bond acceptors (Lipinski definition) is 2. The summed E-state index contributed by atoms with van der Waals surface area (Å²) in [7, 11) is 0. The largest absolute Gasteiger partial charge is 0.391 e. The zero-order valence-corrected chi connectivity index (χ0v) is 11.6. The molecule has 2 aliphatic carbocycles. The zero-order chi connectivity index (χ0) is 14.8. The van der Waals surface area contributed by atoms with Crippen molar-refractivity contribution in [2.45, 2.75) is 69.6 Å². The minimum Gasteiger partial charge on any atom is -0.369 e. The van der Waals surface area contributed by atoms with Gasteiger partial charge in [-0.2, -0.15) is 13.2 Å². The van der Waals surface area contributed by atoms with Crippen LogP contribution in [-0.4, -0.2) is 24.2 Å². The summed E-state index contributed by atoms with van der Waals surface area (Å²) in [4.78, 5) is 11.2. The molecule has 4 atom stereocenters. The Bertz CT molecular complexity index is 346. The lowest BCUT2D eigenvalue weighted by Crippen LogP contribution is -2.46. The van der Waals surface area contributed by atoms with Crippen molar-refractivity contribution in [3.8, 4) is 0 Å². The van der Waals surface area contributed by atoms with Crippen LogP contribution in [0.4, 0.5) is 13.2 Å². The summed E-state index contributed by atoms with van der Waals surface area (Å²) >= 11 is 0.